The third-order valence-corrected chi connectivity index (χ3v) is 1.63. The molecule has 5 heteroatoms. The van der Waals surface area contributed by atoms with E-state index in [9.17, 15) is 4.79 Å². The van der Waals surface area contributed by atoms with Crippen LogP contribution in [0.1, 0.15) is 0 Å². The number of hydrogen-bond acceptors (Lipinski definition) is 3. The lowest BCUT2D eigenvalue weighted by Gasteiger charge is -2.21. The summed E-state index contributed by atoms with van der Waals surface area (Å²) in [7, 11) is 0. The van der Waals surface area contributed by atoms with Crippen LogP contribution in [0.25, 0.3) is 0 Å². The van der Waals surface area contributed by atoms with Crippen molar-refractivity contribution in [3.63, 3.8) is 0 Å². The topological polar surface area (TPSA) is 75.4 Å². The first-order chi connectivity index (χ1) is 5.04. The van der Waals surface area contributed by atoms with Gasteiger partial charge in [-0.25, -0.2) is 4.79 Å². The summed E-state index contributed by atoms with van der Waals surface area (Å²) in [5, 5.41) is 11.0. The fourth-order valence-electron chi connectivity index (χ4n) is 0.702. The van der Waals surface area contributed by atoms with Gasteiger partial charge < -0.3 is 16.2 Å². The van der Waals surface area contributed by atoms with Gasteiger partial charge in [-0.2, -0.15) is 0 Å². The van der Waals surface area contributed by atoms with Crippen LogP contribution < -0.4 is 11.1 Å². The Balaban J connectivity index is 2.92. The predicted octanol–water partition coefficient (Wildman–Crippen LogP) is -0.0344. The van der Waals surface area contributed by atoms with Gasteiger partial charge in [-0.15, -0.1) is 0 Å². The number of nitrogens with two attached hydrogens (primary N) is 1. The zero-order valence-corrected chi connectivity index (χ0v) is 6.30. The lowest BCUT2D eigenvalue weighted by molar-refractivity contribution is -0.139. The number of carbonyl (C=O) groups is 1. The summed E-state index contributed by atoms with van der Waals surface area (Å²) in [6.07, 6.45) is 4.16. The van der Waals surface area contributed by atoms with Gasteiger partial charge in [0, 0.05) is 11.9 Å². The molecule has 1 aliphatic heterocycles. The van der Waals surface area contributed by atoms with Crippen molar-refractivity contribution < 1.29 is 9.90 Å². The maximum atomic E-state index is 10.5. The van der Waals surface area contributed by atoms with E-state index in [4.69, 9.17) is 22.4 Å². The molecule has 0 fully saturated rings. The van der Waals surface area contributed by atoms with E-state index in [1.165, 1.54) is 18.4 Å². The summed E-state index contributed by atoms with van der Waals surface area (Å²) >= 11 is 5.59. The lowest BCUT2D eigenvalue weighted by Crippen LogP contribution is -2.44. The minimum Gasteiger partial charge on any atom is -0.478 e. The smallest absolute Gasteiger partial charge is 0.349 e. The molecule has 0 amide bonds. The van der Waals surface area contributed by atoms with Crippen molar-refractivity contribution >= 4 is 17.6 Å². The zero-order valence-electron chi connectivity index (χ0n) is 5.54. The summed E-state index contributed by atoms with van der Waals surface area (Å²) < 4.78 is 0. The first kappa shape index (κ1) is 7.94. The van der Waals surface area contributed by atoms with Crippen LogP contribution in [-0.4, -0.2) is 16.1 Å². The Kier molecular flexibility index (Phi) is 1.78. The molecule has 4 nitrogen and oxygen atoms in total. The minimum atomic E-state index is -1.58. The van der Waals surface area contributed by atoms with Crippen LogP contribution in [0.3, 0.4) is 0 Å². The quantitative estimate of drug-likeness (QED) is 0.385. The number of carboxylic acid groups (broad SMARTS) is 1. The molecule has 0 spiro atoms. The number of alkyl halides is 1. The minimum absolute atomic E-state index is 0.334. The maximum Gasteiger partial charge on any atom is 0.349 e. The molecule has 0 radical (unpaired) electrons. The van der Waals surface area contributed by atoms with Crippen LogP contribution in [-0.2, 0) is 4.79 Å². The molecule has 0 saturated carbocycles. The second-order valence-corrected chi connectivity index (χ2v) is 2.74. The van der Waals surface area contributed by atoms with E-state index in [0.717, 1.165) is 0 Å². The van der Waals surface area contributed by atoms with Crippen molar-refractivity contribution in [2.24, 2.45) is 5.73 Å². The predicted molar refractivity (Wildman–Crippen MR) is 40.8 cm³/mol. The van der Waals surface area contributed by atoms with E-state index in [0.29, 0.717) is 5.70 Å². The van der Waals surface area contributed by atoms with E-state index in [2.05, 4.69) is 5.32 Å². The van der Waals surface area contributed by atoms with E-state index < -0.39 is 11.0 Å². The van der Waals surface area contributed by atoms with E-state index >= 15 is 0 Å². The lowest BCUT2D eigenvalue weighted by atomic mass is 10.2. The molecule has 60 valence electrons. The third kappa shape index (κ3) is 1.46. The SMILES string of the molecule is NC1=CC(Cl)(C(=O)O)NC=C1. The van der Waals surface area contributed by atoms with Crippen LogP contribution in [0.4, 0.5) is 0 Å². The number of dihydropyridines is 1. The number of carboxylic acids is 1. The van der Waals surface area contributed by atoms with E-state index in [-0.39, 0.29) is 0 Å². The summed E-state index contributed by atoms with van der Waals surface area (Å²) in [5.41, 5.74) is 5.67. The molecule has 4 N–H and O–H groups in total. The first-order valence-electron chi connectivity index (χ1n) is 2.89. The Hall–Kier alpha value is -1.16. The highest BCUT2D eigenvalue weighted by Crippen LogP contribution is 2.17. The first-order valence-corrected chi connectivity index (χ1v) is 3.27. The molecule has 1 heterocycles. The summed E-state index contributed by atoms with van der Waals surface area (Å²) in [6.45, 7) is 0. The highest BCUT2D eigenvalue weighted by atomic mass is 35.5. The largest absolute Gasteiger partial charge is 0.478 e. The van der Waals surface area contributed by atoms with Crippen molar-refractivity contribution in [1.82, 2.24) is 5.32 Å². The molecule has 1 unspecified atom stereocenters. The van der Waals surface area contributed by atoms with E-state index in [1.807, 2.05) is 0 Å². The van der Waals surface area contributed by atoms with Gasteiger partial charge in [-0.3, -0.25) is 0 Å². The monoisotopic (exact) mass is 174 g/mol. The van der Waals surface area contributed by atoms with Gasteiger partial charge in [0.05, 0.1) is 0 Å². The highest BCUT2D eigenvalue weighted by molar-refractivity contribution is 6.35. The number of aliphatic carboxylic acids is 1. The molecule has 1 rings (SSSR count). The second-order valence-electron chi connectivity index (χ2n) is 2.14. The zero-order chi connectivity index (χ0) is 8.48. The van der Waals surface area contributed by atoms with Gasteiger partial charge >= 0.3 is 5.97 Å². The Bertz CT molecular complexity index is 249. The number of halogens is 1. The van der Waals surface area contributed by atoms with Crippen LogP contribution in [0.15, 0.2) is 24.0 Å². The van der Waals surface area contributed by atoms with Crippen molar-refractivity contribution in [2.45, 2.75) is 5.00 Å². The highest BCUT2D eigenvalue weighted by Gasteiger charge is 2.34. The third-order valence-electron chi connectivity index (χ3n) is 1.25. The van der Waals surface area contributed by atoms with Gasteiger partial charge in [0.1, 0.15) is 0 Å². The fraction of sp³-hybridized carbons (Fsp3) is 0.167. The maximum absolute atomic E-state index is 10.5. The van der Waals surface area contributed by atoms with Gasteiger partial charge in [-0.1, -0.05) is 11.6 Å². The Morgan fingerprint density at radius 2 is 2.45 bits per heavy atom. The number of hydrogen-bond donors (Lipinski definition) is 3. The molecule has 0 aromatic heterocycles. The average molecular weight is 175 g/mol. The van der Waals surface area contributed by atoms with Gasteiger partial charge in [0.25, 0.3) is 0 Å². The molecular formula is C6H7ClN2O2. The molecule has 1 aliphatic rings. The van der Waals surface area contributed by atoms with Crippen molar-refractivity contribution in [3.05, 3.63) is 24.0 Å². The second kappa shape index (κ2) is 2.47. The van der Waals surface area contributed by atoms with Gasteiger partial charge in [0.15, 0.2) is 0 Å². The fourth-order valence-corrected chi connectivity index (χ4v) is 0.891. The standard InChI is InChI=1S/C6H7ClN2O2/c7-6(5(10)11)3-4(8)1-2-9-6/h1-3,9H,8H2,(H,10,11). The molecule has 0 aromatic carbocycles. The van der Waals surface area contributed by atoms with Crippen molar-refractivity contribution in [2.75, 3.05) is 0 Å². The molecule has 0 aliphatic carbocycles. The summed E-state index contributed by atoms with van der Waals surface area (Å²) in [4.78, 5) is 8.91. The Labute approximate surface area is 68.3 Å². The summed E-state index contributed by atoms with van der Waals surface area (Å²) in [5.74, 6) is -1.17. The number of rotatable bonds is 1. The van der Waals surface area contributed by atoms with Gasteiger partial charge in [0.2, 0.25) is 5.00 Å². The Morgan fingerprint density at radius 3 is 2.82 bits per heavy atom. The van der Waals surface area contributed by atoms with Crippen LogP contribution in [0, 0.1) is 0 Å². The normalized spacial score (nSPS) is 29.0. The van der Waals surface area contributed by atoms with Crippen LogP contribution >= 0.6 is 11.6 Å². The van der Waals surface area contributed by atoms with Crippen molar-refractivity contribution in [1.29, 1.82) is 0 Å². The molecule has 0 saturated heterocycles. The Morgan fingerprint density at radius 1 is 1.82 bits per heavy atom. The van der Waals surface area contributed by atoms with Crippen molar-refractivity contribution in [3.8, 4) is 0 Å². The van der Waals surface area contributed by atoms with Gasteiger partial charge in [-0.05, 0) is 12.2 Å². The molecule has 0 bridgehead atoms. The average Bonchev–Trinajstić information content (AvgIpc) is 1.86. The van der Waals surface area contributed by atoms with Crippen LogP contribution in [0.2, 0.25) is 0 Å². The van der Waals surface area contributed by atoms with E-state index in [1.54, 1.807) is 0 Å². The molecule has 11 heavy (non-hydrogen) atoms. The summed E-state index contributed by atoms with van der Waals surface area (Å²) in [6, 6.07) is 0. The number of nitrogens with one attached hydrogen (secondary N) is 1. The molecule has 1 atom stereocenters. The molecule has 0 aromatic rings. The number of allylic oxidation sites excluding steroid dienone is 1. The van der Waals surface area contributed by atoms with Crippen LogP contribution in [0.5, 0.6) is 0 Å². The molecular weight excluding hydrogens is 168 g/mol.